The normalized spacial score (nSPS) is 11.0. The summed E-state index contributed by atoms with van der Waals surface area (Å²) in [6, 6.07) is 19.4. The summed E-state index contributed by atoms with van der Waals surface area (Å²) < 4.78 is 40.1. The van der Waals surface area contributed by atoms with Gasteiger partial charge in [-0.05, 0) is 60.7 Å². The number of benzene rings is 3. The van der Waals surface area contributed by atoms with Gasteiger partial charge in [0.15, 0.2) is 0 Å². The van der Waals surface area contributed by atoms with Gasteiger partial charge in [0.1, 0.15) is 5.82 Å². The Kier molecular flexibility index (Phi) is 4.99. The van der Waals surface area contributed by atoms with E-state index in [1.54, 1.807) is 30.3 Å². The van der Waals surface area contributed by atoms with Crippen LogP contribution in [0.4, 0.5) is 15.8 Å². The molecule has 0 aliphatic heterocycles. The summed E-state index contributed by atoms with van der Waals surface area (Å²) in [6.45, 7) is 0. The molecule has 0 aliphatic rings. The van der Waals surface area contributed by atoms with Crippen molar-refractivity contribution in [1.82, 2.24) is 0 Å². The monoisotopic (exact) mass is 370 g/mol. The molecule has 0 fully saturated rings. The van der Waals surface area contributed by atoms with E-state index < -0.39 is 21.7 Å². The van der Waals surface area contributed by atoms with Crippen LogP contribution in [0.2, 0.25) is 0 Å². The minimum absolute atomic E-state index is 0.0705. The minimum atomic E-state index is -3.72. The maximum Gasteiger partial charge on any atom is 0.261 e. The zero-order valence-electron chi connectivity index (χ0n) is 13.5. The molecule has 0 unspecified atom stereocenters. The summed E-state index contributed by atoms with van der Waals surface area (Å²) in [7, 11) is -3.72. The van der Waals surface area contributed by atoms with Crippen LogP contribution in [0.15, 0.2) is 83.8 Å². The van der Waals surface area contributed by atoms with Crippen molar-refractivity contribution in [2.45, 2.75) is 4.90 Å². The van der Waals surface area contributed by atoms with Crippen LogP contribution in [0.25, 0.3) is 0 Å². The van der Waals surface area contributed by atoms with Crippen molar-refractivity contribution in [3.05, 3.63) is 90.2 Å². The molecule has 1 amide bonds. The summed E-state index contributed by atoms with van der Waals surface area (Å²) in [5.41, 5.74) is 1.19. The molecule has 26 heavy (non-hydrogen) atoms. The molecule has 5 nitrogen and oxygen atoms in total. The molecule has 0 heterocycles. The van der Waals surface area contributed by atoms with Gasteiger partial charge < -0.3 is 5.32 Å². The third-order valence-electron chi connectivity index (χ3n) is 3.55. The van der Waals surface area contributed by atoms with Gasteiger partial charge in [-0.1, -0.05) is 18.2 Å². The second kappa shape index (κ2) is 7.37. The van der Waals surface area contributed by atoms with Gasteiger partial charge in [0.2, 0.25) is 0 Å². The first-order valence-electron chi connectivity index (χ1n) is 7.69. The highest BCUT2D eigenvalue weighted by Gasteiger charge is 2.14. The standard InChI is InChI=1S/C19H15FN2O3S/c20-15-8-6-14(7-9-15)19(23)21-16-10-12-18(13-11-16)26(24,25)22-17-4-2-1-3-5-17/h1-13,22H,(H,21,23). The zero-order chi connectivity index (χ0) is 18.6. The number of amides is 1. The first-order chi connectivity index (χ1) is 12.4. The first-order valence-corrected chi connectivity index (χ1v) is 9.17. The van der Waals surface area contributed by atoms with Crippen LogP contribution in [0.5, 0.6) is 0 Å². The second-order valence-electron chi connectivity index (χ2n) is 5.46. The van der Waals surface area contributed by atoms with E-state index in [2.05, 4.69) is 10.0 Å². The lowest BCUT2D eigenvalue weighted by atomic mass is 10.2. The SMILES string of the molecule is O=C(Nc1ccc(S(=O)(=O)Nc2ccccc2)cc1)c1ccc(F)cc1. The number of anilines is 2. The van der Waals surface area contributed by atoms with E-state index >= 15 is 0 Å². The van der Waals surface area contributed by atoms with Crippen LogP contribution >= 0.6 is 0 Å². The maximum absolute atomic E-state index is 12.9. The molecule has 0 spiro atoms. The largest absolute Gasteiger partial charge is 0.322 e. The number of rotatable bonds is 5. The van der Waals surface area contributed by atoms with Gasteiger partial charge >= 0.3 is 0 Å². The molecule has 0 saturated heterocycles. The fraction of sp³-hybridized carbons (Fsp3) is 0. The number of hydrogen-bond donors (Lipinski definition) is 2. The summed E-state index contributed by atoms with van der Waals surface area (Å²) in [6.07, 6.45) is 0. The van der Waals surface area contributed by atoms with Crippen molar-refractivity contribution in [3.63, 3.8) is 0 Å². The van der Waals surface area contributed by atoms with Crippen molar-refractivity contribution < 1.29 is 17.6 Å². The van der Waals surface area contributed by atoms with Crippen molar-refractivity contribution in [2.24, 2.45) is 0 Å². The summed E-state index contributed by atoms with van der Waals surface area (Å²) in [5, 5.41) is 2.63. The molecule has 3 aromatic rings. The Balaban J connectivity index is 1.71. The quantitative estimate of drug-likeness (QED) is 0.716. The Bertz CT molecular complexity index is 1000. The number of para-hydroxylation sites is 1. The molecule has 7 heteroatoms. The van der Waals surface area contributed by atoms with Gasteiger partial charge in [-0.25, -0.2) is 12.8 Å². The fourth-order valence-electron chi connectivity index (χ4n) is 2.24. The number of halogens is 1. The highest BCUT2D eigenvalue weighted by Crippen LogP contribution is 2.18. The molecule has 0 aromatic heterocycles. The first kappa shape index (κ1) is 17.6. The number of nitrogens with one attached hydrogen (secondary N) is 2. The van der Waals surface area contributed by atoms with Crippen LogP contribution in [0.1, 0.15) is 10.4 Å². The van der Waals surface area contributed by atoms with E-state index in [1.165, 1.54) is 48.5 Å². The predicted octanol–water partition coefficient (Wildman–Crippen LogP) is 3.88. The van der Waals surface area contributed by atoms with E-state index in [1.807, 2.05) is 0 Å². The van der Waals surface area contributed by atoms with Crippen molar-refractivity contribution in [1.29, 1.82) is 0 Å². The zero-order valence-corrected chi connectivity index (χ0v) is 14.3. The molecule has 0 atom stereocenters. The molecule has 0 aliphatic carbocycles. The fourth-order valence-corrected chi connectivity index (χ4v) is 3.30. The average Bonchev–Trinajstić information content (AvgIpc) is 2.63. The van der Waals surface area contributed by atoms with Gasteiger partial charge in [0.25, 0.3) is 15.9 Å². The number of carbonyl (C=O) groups is 1. The van der Waals surface area contributed by atoms with E-state index in [-0.39, 0.29) is 4.90 Å². The van der Waals surface area contributed by atoms with Gasteiger partial charge in [0, 0.05) is 16.9 Å². The molecule has 0 radical (unpaired) electrons. The van der Waals surface area contributed by atoms with Crippen LogP contribution in [0.3, 0.4) is 0 Å². The van der Waals surface area contributed by atoms with Crippen molar-refractivity contribution in [3.8, 4) is 0 Å². The Hall–Kier alpha value is -3.19. The molecule has 3 rings (SSSR count). The topological polar surface area (TPSA) is 75.3 Å². The van der Waals surface area contributed by atoms with E-state index in [0.29, 0.717) is 16.9 Å². The Morgan fingerprint density at radius 3 is 2.00 bits per heavy atom. The van der Waals surface area contributed by atoms with Crippen molar-refractivity contribution in [2.75, 3.05) is 10.0 Å². The molecular formula is C19H15FN2O3S. The lowest BCUT2D eigenvalue weighted by Crippen LogP contribution is -2.14. The minimum Gasteiger partial charge on any atom is -0.322 e. The van der Waals surface area contributed by atoms with Crippen LogP contribution in [-0.4, -0.2) is 14.3 Å². The van der Waals surface area contributed by atoms with E-state index in [4.69, 9.17) is 0 Å². The van der Waals surface area contributed by atoms with Crippen LogP contribution in [0, 0.1) is 5.82 Å². The molecule has 0 bridgehead atoms. The van der Waals surface area contributed by atoms with Gasteiger partial charge in [-0.3, -0.25) is 9.52 Å². The molecule has 3 aromatic carbocycles. The third-order valence-corrected chi connectivity index (χ3v) is 4.95. The molecule has 132 valence electrons. The van der Waals surface area contributed by atoms with E-state index in [9.17, 15) is 17.6 Å². The Labute approximate surface area is 150 Å². The highest BCUT2D eigenvalue weighted by molar-refractivity contribution is 7.92. The van der Waals surface area contributed by atoms with Crippen molar-refractivity contribution >= 4 is 27.3 Å². The van der Waals surface area contributed by atoms with Gasteiger partial charge in [-0.2, -0.15) is 0 Å². The lowest BCUT2D eigenvalue weighted by Gasteiger charge is -2.09. The van der Waals surface area contributed by atoms with Crippen LogP contribution in [-0.2, 0) is 10.0 Å². The number of hydrogen-bond acceptors (Lipinski definition) is 3. The van der Waals surface area contributed by atoms with Gasteiger partial charge in [0.05, 0.1) is 4.90 Å². The smallest absolute Gasteiger partial charge is 0.261 e. The lowest BCUT2D eigenvalue weighted by molar-refractivity contribution is 0.102. The Morgan fingerprint density at radius 2 is 1.38 bits per heavy atom. The van der Waals surface area contributed by atoms with Gasteiger partial charge in [-0.15, -0.1) is 0 Å². The molecule has 2 N–H and O–H groups in total. The highest BCUT2D eigenvalue weighted by atomic mass is 32.2. The summed E-state index contributed by atoms with van der Waals surface area (Å²) in [5.74, 6) is -0.843. The van der Waals surface area contributed by atoms with E-state index in [0.717, 1.165) is 0 Å². The second-order valence-corrected chi connectivity index (χ2v) is 7.14. The Morgan fingerprint density at radius 1 is 0.769 bits per heavy atom. The molecule has 0 saturated carbocycles. The summed E-state index contributed by atoms with van der Waals surface area (Å²) >= 11 is 0. The van der Waals surface area contributed by atoms with Crippen LogP contribution < -0.4 is 10.0 Å². The predicted molar refractivity (Wildman–Crippen MR) is 98.0 cm³/mol. The number of sulfonamides is 1. The molecular weight excluding hydrogens is 355 g/mol. The average molecular weight is 370 g/mol. The maximum atomic E-state index is 12.9. The number of carbonyl (C=O) groups excluding carboxylic acids is 1. The summed E-state index contributed by atoms with van der Waals surface area (Å²) in [4.78, 5) is 12.2. The third kappa shape index (κ3) is 4.25.